The molecule has 3 nitrogen and oxygen atoms in total. The summed E-state index contributed by atoms with van der Waals surface area (Å²) >= 11 is 0. The van der Waals surface area contributed by atoms with Gasteiger partial charge in [-0.3, -0.25) is 0 Å². The molecule has 2 N–H and O–H groups in total. The lowest BCUT2D eigenvalue weighted by Gasteiger charge is -2.46. The molecule has 3 heteroatoms. The van der Waals surface area contributed by atoms with Crippen molar-refractivity contribution in [1.29, 1.82) is 0 Å². The maximum atomic E-state index is 2.68. The molecule has 18 heavy (non-hydrogen) atoms. The predicted molar refractivity (Wildman–Crippen MR) is 77.4 cm³/mol. The van der Waals surface area contributed by atoms with Crippen molar-refractivity contribution in [2.75, 3.05) is 19.6 Å². The minimum Gasteiger partial charge on any atom is -0.412 e. The third-order valence-electron chi connectivity index (χ3n) is 4.55. The summed E-state index contributed by atoms with van der Waals surface area (Å²) in [4.78, 5) is 0. The third-order valence-corrected chi connectivity index (χ3v) is 4.55. The normalized spacial score (nSPS) is 32.5. The van der Waals surface area contributed by atoms with E-state index in [0.717, 1.165) is 12.0 Å². The summed E-state index contributed by atoms with van der Waals surface area (Å²) in [7, 11) is 0. The van der Waals surface area contributed by atoms with Crippen molar-refractivity contribution in [2.24, 2.45) is 11.3 Å². The Bertz CT molecular complexity index is 249. The van der Waals surface area contributed by atoms with Gasteiger partial charge in [0.25, 0.3) is 0 Å². The zero-order valence-electron chi connectivity index (χ0n) is 12.7. The highest BCUT2D eigenvalue weighted by molar-refractivity contribution is 4.87. The van der Waals surface area contributed by atoms with Crippen LogP contribution in [0.15, 0.2) is 0 Å². The highest BCUT2D eigenvalue weighted by Crippen LogP contribution is 2.40. The molecule has 0 aromatic rings. The molecular formula is C15H32N2O. The molecule has 2 atom stereocenters. The second-order valence-corrected chi connectivity index (χ2v) is 6.98. The molecule has 108 valence electrons. The molecule has 1 saturated heterocycles. The molecule has 1 aliphatic heterocycles. The molecule has 0 aromatic heterocycles. The minimum atomic E-state index is 0. The molecule has 1 heterocycles. The van der Waals surface area contributed by atoms with Crippen molar-refractivity contribution < 1.29 is 5.48 Å². The summed E-state index contributed by atoms with van der Waals surface area (Å²) in [5, 5.41) is 5.31. The number of hydrogen-bond donors (Lipinski definition) is 0. The average molecular weight is 256 g/mol. The molecule has 2 aliphatic rings. The van der Waals surface area contributed by atoms with Crippen molar-refractivity contribution in [2.45, 2.75) is 65.8 Å². The lowest BCUT2D eigenvalue weighted by Crippen LogP contribution is -2.51. The van der Waals surface area contributed by atoms with Crippen LogP contribution in [0.25, 0.3) is 0 Å². The van der Waals surface area contributed by atoms with Crippen LogP contribution < -0.4 is 0 Å². The Morgan fingerprint density at radius 3 is 2.28 bits per heavy atom. The van der Waals surface area contributed by atoms with Crippen molar-refractivity contribution in [1.82, 2.24) is 10.0 Å². The maximum Gasteiger partial charge on any atom is 0.0253 e. The zero-order chi connectivity index (χ0) is 12.5. The molecule has 0 bridgehead atoms. The first kappa shape index (κ1) is 15.9. The summed E-state index contributed by atoms with van der Waals surface area (Å²) in [6.45, 7) is 13.4. The van der Waals surface area contributed by atoms with E-state index < -0.39 is 0 Å². The van der Waals surface area contributed by atoms with Gasteiger partial charge in [-0.1, -0.05) is 27.7 Å². The molecule has 0 aromatic carbocycles. The molecule has 1 aliphatic carbocycles. The maximum absolute atomic E-state index is 2.68. The smallest absolute Gasteiger partial charge is 0.0253 e. The Morgan fingerprint density at radius 2 is 1.78 bits per heavy atom. The first-order valence-electron chi connectivity index (χ1n) is 7.53. The van der Waals surface area contributed by atoms with E-state index in [1.807, 2.05) is 0 Å². The minimum absolute atomic E-state index is 0. The molecule has 2 fully saturated rings. The summed E-state index contributed by atoms with van der Waals surface area (Å²) in [6.07, 6.45) is 6.96. The second kappa shape index (κ2) is 6.36. The number of hydrogen-bond acceptors (Lipinski definition) is 2. The Kier molecular flexibility index (Phi) is 5.63. The van der Waals surface area contributed by atoms with Crippen LogP contribution in [0.3, 0.4) is 0 Å². The van der Waals surface area contributed by atoms with E-state index in [9.17, 15) is 0 Å². The van der Waals surface area contributed by atoms with Crippen LogP contribution in [-0.2, 0) is 0 Å². The van der Waals surface area contributed by atoms with Gasteiger partial charge in [0.05, 0.1) is 0 Å². The highest BCUT2D eigenvalue weighted by atomic mass is 16.0. The summed E-state index contributed by atoms with van der Waals surface area (Å²) in [5.41, 5.74) is 0.537. The van der Waals surface area contributed by atoms with Crippen LogP contribution >= 0.6 is 0 Å². The van der Waals surface area contributed by atoms with E-state index >= 15 is 0 Å². The van der Waals surface area contributed by atoms with Crippen molar-refractivity contribution in [3.05, 3.63) is 0 Å². The SMILES string of the molecule is CCN(C1CC(C)CC(C)(C)C1)N1CCCC1.O. The summed E-state index contributed by atoms with van der Waals surface area (Å²) < 4.78 is 0. The lowest BCUT2D eigenvalue weighted by atomic mass is 9.70. The fourth-order valence-corrected chi connectivity index (χ4v) is 4.17. The molecule has 2 unspecified atom stereocenters. The van der Waals surface area contributed by atoms with E-state index in [0.29, 0.717) is 5.41 Å². The van der Waals surface area contributed by atoms with Gasteiger partial charge in [0.15, 0.2) is 0 Å². The van der Waals surface area contributed by atoms with Crippen LogP contribution in [0.2, 0.25) is 0 Å². The number of rotatable bonds is 3. The van der Waals surface area contributed by atoms with E-state index in [4.69, 9.17) is 0 Å². The van der Waals surface area contributed by atoms with E-state index in [1.165, 1.54) is 51.7 Å². The first-order chi connectivity index (χ1) is 8.02. The van der Waals surface area contributed by atoms with Crippen LogP contribution in [-0.4, -0.2) is 41.2 Å². The molecule has 2 rings (SSSR count). The van der Waals surface area contributed by atoms with E-state index in [2.05, 4.69) is 37.7 Å². The number of hydrazine groups is 1. The fraction of sp³-hybridized carbons (Fsp3) is 1.00. The van der Waals surface area contributed by atoms with Crippen molar-refractivity contribution in [3.63, 3.8) is 0 Å². The largest absolute Gasteiger partial charge is 0.412 e. The van der Waals surface area contributed by atoms with Gasteiger partial charge in [-0.05, 0) is 43.4 Å². The van der Waals surface area contributed by atoms with Crippen molar-refractivity contribution >= 4 is 0 Å². The van der Waals surface area contributed by atoms with Gasteiger partial charge in [-0.15, -0.1) is 0 Å². The topological polar surface area (TPSA) is 38.0 Å². The second-order valence-electron chi connectivity index (χ2n) is 6.98. The van der Waals surface area contributed by atoms with E-state index in [-0.39, 0.29) is 5.48 Å². The lowest BCUT2D eigenvalue weighted by molar-refractivity contribution is -0.0730. The molecular weight excluding hydrogens is 224 g/mol. The van der Waals surface area contributed by atoms with Gasteiger partial charge < -0.3 is 5.48 Å². The molecule has 0 radical (unpaired) electrons. The fourth-order valence-electron chi connectivity index (χ4n) is 4.17. The highest BCUT2D eigenvalue weighted by Gasteiger charge is 2.36. The van der Waals surface area contributed by atoms with Gasteiger partial charge in [0.1, 0.15) is 0 Å². The average Bonchev–Trinajstić information content (AvgIpc) is 2.68. The summed E-state index contributed by atoms with van der Waals surface area (Å²) in [5.74, 6) is 0.889. The van der Waals surface area contributed by atoms with Gasteiger partial charge in [0, 0.05) is 25.7 Å². The monoisotopic (exact) mass is 256 g/mol. The van der Waals surface area contributed by atoms with Gasteiger partial charge >= 0.3 is 0 Å². The van der Waals surface area contributed by atoms with Crippen LogP contribution in [0, 0.1) is 11.3 Å². The van der Waals surface area contributed by atoms with Gasteiger partial charge in [0.2, 0.25) is 0 Å². The standard InChI is InChI=1S/C15H30N2.H2O/c1-5-17(16-8-6-7-9-16)14-10-13(2)11-15(3,4)12-14;/h13-14H,5-12H2,1-4H3;1H2. The van der Waals surface area contributed by atoms with Crippen molar-refractivity contribution in [3.8, 4) is 0 Å². The zero-order valence-corrected chi connectivity index (χ0v) is 12.7. The van der Waals surface area contributed by atoms with Gasteiger partial charge in [-0.2, -0.15) is 0 Å². The Balaban J connectivity index is 0.00000162. The Labute approximate surface area is 113 Å². The molecule has 1 saturated carbocycles. The van der Waals surface area contributed by atoms with Crippen LogP contribution in [0.1, 0.15) is 59.8 Å². The quantitative estimate of drug-likeness (QED) is 0.778. The van der Waals surface area contributed by atoms with Gasteiger partial charge in [-0.25, -0.2) is 10.0 Å². The van der Waals surface area contributed by atoms with E-state index in [1.54, 1.807) is 0 Å². The number of nitrogens with zero attached hydrogens (tertiary/aromatic N) is 2. The summed E-state index contributed by atoms with van der Waals surface area (Å²) in [6, 6.07) is 0.789. The third kappa shape index (κ3) is 3.69. The Morgan fingerprint density at radius 1 is 1.17 bits per heavy atom. The molecule has 0 spiro atoms. The van der Waals surface area contributed by atoms with Crippen LogP contribution in [0.5, 0.6) is 0 Å². The van der Waals surface area contributed by atoms with Crippen LogP contribution in [0.4, 0.5) is 0 Å². The molecule has 0 amide bonds. The Hall–Kier alpha value is -0.120. The first-order valence-corrected chi connectivity index (χ1v) is 7.53. The predicted octanol–water partition coefficient (Wildman–Crippen LogP) is 2.71.